The summed E-state index contributed by atoms with van der Waals surface area (Å²) >= 11 is 3.61. The van der Waals surface area contributed by atoms with E-state index in [1.807, 2.05) is 24.3 Å². The molecule has 118 valence electrons. The Labute approximate surface area is 140 Å². The number of aryl methyl sites for hydroxylation is 1. The number of nitrogens with one attached hydrogen (secondary N) is 1. The van der Waals surface area contributed by atoms with Crippen molar-refractivity contribution >= 4 is 15.9 Å². The maximum absolute atomic E-state index is 5.96. The van der Waals surface area contributed by atoms with Gasteiger partial charge in [-0.05, 0) is 42.3 Å². The molecule has 2 aromatic rings. The van der Waals surface area contributed by atoms with Crippen LogP contribution < -0.4 is 14.8 Å². The number of rotatable bonds is 7. The molecule has 22 heavy (non-hydrogen) atoms. The van der Waals surface area contributed by atoms with Crippen LogP contribution in [-0.4, -0.2) is 13.7 Å². The van der Waals surface area contributed by atoms with Crippen molar-refractivity contribution < 1.29 is 9.47 Å². The van der Waals surface area contributed by atoms with E-state index in [9.17, 15) is 0 Å². The third-order valence-corrected chi connectivity index (χ3v) is 4.28. The molecular weight excluding hydrogens is 342 g/mol. The molecule has 2 aromatic carbocycles. The Bertz CT molecular complexity index is 628. The zero-order valence-electron chi connectivity index (χ0n) is 13.3. The SMILES string of the molecule is CCNCc1cc(OC)c(OCc2ccccc2C)cc1Br. The number of benzene rings is 2. The van der Waals surface area contributed by atoms with Crippen LogP contribution in [0.5, 0.6) is 11.5 Å². The lowest BCUT2D eigenvalue weighted by Crippen LogP contribution is -2.12. The third kappa shape index (κ3) is 4.24. The van der Waals surface area contributed by atoms with Crippen molar-refractivity contribution in [3.8, 4) is 11.5 Å². The van der Waals surface area contributed by atoms with Gasteiger partial charge < -0.3 is 14.8 Å². The maximum Gasteiger partial charge on any atom is 0.162 e. The smallest absolute Gasteiger partial charge is 0.162 e. The molecule has 0 heterocycles. The van der Waals surface area contributed by atoms with Gasteiger partial charge in [0.15, 0.2) is 11.5 Å². The predicted molar refractivity (Wildman–Crippen MR) is 93.6 cm³/mol. The van der Waals surface area contributed by atoms with Crippen LogP contribution in [-0.2, 0) is 13.2 Å². The monoisotopic (exact) mass is 363 g/mol. The van der Waals surface area contributed by atoms with Crippen LogP contribution in [0.2, 0.25) is 0 Å². The molecule has 0 aliphatic carbocycles. The molecule has 0 aliphatic heterocycles. The van der Waals surface area contributed by atoms with Gasteiger partial charge in [0.25, 0.3) is 0 Å². The number of halogens is 1. The Kier molecular flexibility index (Phi) is 6.28. The van der Waals surface area contributed by atoms with E-state index in [4.69, 9.17) is 9.47 Å². The highest BCUT2D eigenvalue weighted by Gasteiger charge is 2.11. The lowest BCUT2D eigenvalue weighted by Gasteiger charge is -2.15. The molecule has 1 N–H and O–H groups in total. The molecule has 0 unspecified atom stereocenters. The van der Waals surface area contributed by atoms with E-state index < -0.39 is 0 Å². The lowest BCUT2D eigenvalue weighted by atomic mass is 10.1. The van der Waals surface area contributed by atoms with Crippen molar-refractivity contribution in [3.63, 3.8) is 0 Å². The van der Waals surface area contributed by atoms with Crippen LogP contribution in [0.1, 0.15) is 23.6 Å². The van der Waals surface area contributed by atoms with Crippen LogP contribution in [0, 0.1) is 6.92 Å². The summed E-state index contributed by atoms with van der Waals surface area (Å²) in [6, 6.07) is 12.2. The van der Waals surface area contributed by atoms with Crippen LogP contribution in [0.4, 0.5) is 0 Å². The second kappa shape index (κ2) is 8.20. The van der Waals surface area contributed by atoms with Gasteiger partial charge in [-0.25, -0.2) is 0 Å². The minimum atomic E-state index is 0.530. The minimum Gasteiger partial charge on any atom is -0.493 e. The first kappa shape index (κ1) is 16.8. The summed E-state index contributed by atoms with van der Waals surface area (Å²) < 4.78 is 12.4. The van der Waals surface area contributed by atoms with E-state index in [0.717, 1.165) is 34.6 Å². The van der Waals surface area contributed by atoms with Crippen molar-refractivity contribution in [2.45, 2.75) is 27.0 Å². The molecule has 0 atom stereocenters. The second-order valence-corrected chi connectivity index (χ2v) is 5.94. The fourth-order valence-electron chi connectivity index (χ4n) is 2.17. The summed E-state index contributed by atoms with van der Waals surface area (Å²) in [7, 11) is 1.67. The van der Waals surface area contributed by atoms with Gasteiger partial charge in [-0.15, -0.1) is 0 Å². The number of hydrogen-bond acceptors (Lipinski definition) is 3. The molecule has 0 fully saturated rings. The number of methoxy groups -OCH3 is 1. The predicted octanol–water partition coefficient (Wildman–Crippen LogP) is 4.45. The lowest BCUT2D eigenvalue weighted by molar-refractivity contribution is 0.283. The van der Waals surface area contributed by atoms with Gasteiger partial charge in [-0.1, -0.05) is 47.1 Å². The molecule has 0 aromatic heterocycles. The Morgan fingerprint density at radius 1 is 1.09 bits per heavy atom. The molecule has 2 rings (SSSR count). The van der Waals surface area contributed by atoms with Crippen LogP contribution in [0.15, 0.2) is 40.9 Å². The standard InChI is InChI=1S/C18H22BrNO2/c1-4-20-11-15-9-17(21-3)18(10-16(15)19)22-12-14-8-6-5-7-13(14)2/h5-10,20H,4,11-12H2,1-3H3. The quantitative estimate of drug-likeness (QED) is 0.787. The van der Waals surface area contributed by atoms with Crippen LogP contribution >= 0.6 is 15.9 Å². The first-order chi connectivity index (χ1) is 10.7. The molecule has 0 radical (unpaired) electrons. The molecule has 0 saturated carbocycles. The van der Waals surface area contributed by atoms with E-state index >= 15 is 0 Å². The molecular formula is C18H22BrNO2. The van der Waals surface area contributed by atoms with Gasteiger partial charge in [0.05, 0.1) is 7.11 Å². The highest BCUT2D eigenvalue weighted by Crippen LogP contribution is 2.34. The van der Waals surface area contributed by atoms with Crippen molar-refractivity contribution in [3.05, 3.63) is 57.6 Å². The number of hydrogen-bond donors (Lipinski definition) is 1. The Morgan fingerprint density at radius 3 is 2.55 bits per heavy atom. The zero-order chi connectivity index (χ0) is 15.9. The fourth-order valence-corrected chi connectivity index (χ4v) is 2.63. The van der Waals surface area contributed by atoms with Gasteiger partial charge in [-0.3, -0.25) is 0 Å². The first-order valence-corrected chi connectivity index (χ1v) is 8.19. The van der Waals surface area contributed by atoms with Crippen molar-refractivity contribution in [1.82, 2.24) is 5.32 Å². The van der Waals surface area contributed by atoms with Crippen molar-refractivity contribution in [1.29, 1.82) is 0 Å². The average Bonchev–Trinajstić information content (AvgIpc) is 2.53. The minimum absolute atomic E-state index is 0.530. The van der Waals surface area contributed by atoms with E-state index in [0.29, 0.717) is 6.61 Å². The average molecular weight is 364 g/mol. The molecule has 0 saturated heterocycles. The third-order valence-electron chi connectivity index (χ3n) is 3.54. The largest absolute Gasteiger partial charge is 0.493 e. The Morgan fingerprint density at radius 2 is 1.86 bits per heavy atom. The molecule has 3 nitrogen and oxygen atoms in total. The van der Waals surface area contributed by atoms with Crippen LogP contribution in [0.25, 0.3) is 0 Å². The highest BCUT2D eigenvalue weighted by molar-refractivity contribution is 9.10. The van der Waals surface area contributed by atoms with Crippen molar-refractivity contribution in [2.24, 2.45) is 0 Å². The van der Waals surface area contributed by atoms with Gasteiger partial charge in [-0.2, -0.15) is 0 Å². The summed E-state index contributed by atoms with van der Waals surface area (Å²) in [6.07, 6.45) is 0. The zero-order valence-corrected chi connectivity index (χ0v) is 14.9. The van der Waals surface area contributed by atoms with E-state index in [1.54, 1.807) is 7.11 Å². The molecule has 0 aliphatic rings. The summed E-state index contributed by atoms with van der Waals surface area (Å²) in [4.78, 5) is 0. The fraction of sp³-hybridized carbons (Fsp3) is 0.333. The first-order valence-electron chi connectivity index (χ1n) is 7.40. The molecule has 0 bridgehead atoms. The summed E-state index contributed by atoms with van der Waals surface area (Å²) in [5, 5.41) is 3.32. The normalized spacial score (nSPS) is 10.5. The highest BCUT2D eigenvalue weighted by atomic mass is 79.9. The van der Waals surface area contributed by atoms with Crippen LogP contribution in [0.3, 0.4) is 0 Å². The van der Waals surface area contributed by atoms with E-state index in [-0.39, 0.29) is 0 Å². The topological polar surface area (TPSA) is 30.5 Å². The van der Waals surface area contributed by atoms with Gasteiger partial charge in [0.2, 0.25) is 0 Å². The Hall–Kier alpha value is -1.52. The summed E-state index contributed by atoms with van der Waals surface area (Å²) in [5.74, 6) is 1.50. The molecule has 0 spiro atoms. The number of ether oxygens (including phenoxy) is 2. The molecule has 4 heteroatoms. The van der Waals surface area contributed by atoms with Gasteiger partial charge >= 0.3 is 0 Å². The van der Waals surface area contributed by atoms with E-state index in [2.05, 4.69) is 47.2 Å². The second-order valence-electron chi connectivity index (χ2n) is 5.09. The Balaban J connectivity index is 2.16. The van der Waals surface area contributed by atoms with Crippen molar-refractivity contribution in [2.75, 3.05) is 13.7 Å². The van der Waals surface area contributed by atoms with Gasteiger partial charge in [0, 0.05) is 11.0 Å². The molecule has 0 amide bonds. The summed E-state index contributed by atoms with van der Waals surface area (Å²) in [6.45, 7) is 6.43. The van der Waals surface area contributed by atoms with E-state index in [1.165, 1.54) is 11.1 Å². The summed E-state index contributed by atoms with van der Waals surface area (Å²) in [5.41, 5.74) is 3.56. The van der Waals surface area contributed by atoms with Gasteiger partial charge in [0.1, 0.15) is 6.61 Å². The maximum atomic E-state index is 5.96.